The third kappa shape index (κ3) is 4.68. The maximum Gasteiger partial charge on any atom is 0.321 e. The molecule has 3 heterocycles. The van der Waals surface area contributed by atoms with Gasteiger partial charge in [0.2, 0.25) is 0 Å². The Bertz CT molecular complexity index is 651. The first-order valence-electron chi connectivity index (χ1n) is 10.1. The van der Waals surface area contributed by atoms with Crippen molar-refractivity contribution in [2.24, 2.45) is 0 Å². The summed E-state index contributed by atoms with van der Waals surface area (Å²) in [6.07, 6.45) is 5.14. The lowest BCUT2D eigenvalue weighted by molar-refractivity contribution is 0.0572. The number of ether oxygens (including phenoxy) is 1. The summed E-state index contributed by atoms with van der Waals surface area (Å²) in [6.45, 7) is 7.30. The summed E-state index contributed by atoms with van der Waals surface area (Å²) in [5.41, 5.74) is 1.82. The van der Waals surface area contributed by atoms with Crippen molar-refractivity contribution in [3.8, 4) is 0 Å². The Morgan fingerprint density at radius 1 is 1.11 bits per heavy atom. The zero-order valence-electron chi connectivity index (χ0n) is 15.8. The van der Waals surface area contributed by atoms with Crippen molar-refractivity contribution >= 4 is 29.0 Å². The molecule has 0 radical (unpaired) electrons. The second-order valence-corrected chi connectivity index (χ2v) is 8.12. The fourth-order valence-corrected chi connectivity index (χ4v) is 4.51. The smallest absolute Gasteiger partial charge is 0.321 e. The van der Waals surface area contributed by atoms with Gasteiger partial charge in [0.25, 0.3) is 0 Å². The molecular formula is C20H29ClN4O2. The molecule has 27 heavy (non-hydrogen) atoms. The zero-order chi connectivity index (χ0) is 18.6. The molecule has 3 aliphatic rings. The molecule has 0 spiro atoms. The van der Waals surface area contributed by atoms with Crippen molar-refractivity contribution in [2.75, 3.05) is 62.6 Å². The zero-order valence-corrected chi connectivity index (χ0v) is 16.6. The molecule has 0 aromatic heterocycles. The average Bonchev–Trinajstić information content (AvgIpc) is 3.36. The molecule has 1 aromatic carbocycles. The lowest BCUT2D eigenvalue weighted by atomic mass is 10.2. The Hall–Kier alpha value is -1.50. The number of carbonyl (C=O) groups is 1. The third-order valence-electron chi connectivity index (χ3n) is 5.79. The Morgan fingerprint density at radius 2 is 1.89 bits per heavy atom. The van der Waals surface area contributed by atoms with E-state index in [1.165, 1.54) is 19.3 Å². The fraction of sp³-hybridized carbons (Fsp3) is 0.650. The second kappa shape index (κ2) is 8.67. The number of hydrogen-bond acceptors (Lipinski definition) is 4. The van der Waals surface area contributed by atoms with Crippen molar-refractivity contribution < 1.29 is 9.53 Å². The van der Waals surface area contributed by atoms with E-state index in [4.69, 9.17) is 16.3 Å². The first kappa shape index (κ1) is 18.8. The number of carbonyl (C=O) groups excluding carboxylic acids is 1. The van der Waals surface area contributed by atoms with Gasteiger partial charge in [0.05, 0.1) is 16.8 Å². The van der Waals surface area contributed by atoms with Crippen LogP contribution in [0.3, 0.4) is 0 Å². The van der Waals surface area contributed by atoms with E-state index in [1.807, 2.05) is 23.1 Å². The first-order valence-corrected chi connectivity index (χ1v) is 10.5. The van der Waals surface area contributed by atoms with Crippen LogP contribution in [-0.2, 0) is 4.74 Å². The van der Waals surface area contributed by atoms with E-state index in [2.05, 4.69) is 15.1 Å². The second-order valence-electron chi connectivity index (χ2n) is 7.71. The molecule has 148 valence electrons. The van der Waals surface area contributed by atoms with E-state index >= 15 is 0 Å². The van der Waals surface area contributed by atoms with Gasteiger partial charge in [-0.3, -0.25) is 4.90 Å². The Kier molecular flexibility index (Phi) is 6.05. The average molecular weight is 393 g/mol. The molecule has 0 saturated carbocycles. The van der Waals surface area contributed by atoms with Gasteiger partial charge in [0.15, 0.2) is 0 Å². The molecule has 4 rings (SSSR count). The molecule has 1 unspecified atom stereocenters. The molecule has 7 heteroatoms. The molecule has 3 aliphatic heterocycles. The maximum atomic E-state index is 12.6. The number of piperazine rings is 1. The van der Waals surface area contributed by atoms with Crippen molar-refractivity contribution in [3.63, 3.8) is 0 Å². The van der Waals surface area contributed by atoms with E-state index < -0.39 is 0 Å². The Labute approximate surface area is 166 Å². The summed E-state index contributed by atoms with van der Waals surface area (Å²) in [5.74, 6) is 0. The summed E-state index contributed by atoms with van der Waals surface area (Å²) < 4.78 is 5.72. The topological polar surface area (TPSA) is 48.1 Å². The molecule has 3 fully saturated rings. The van der Waals surface area contributed by atoms with Crippen molar-refractivity contribution in [1.29, 1.82) is 0 Å². The van der Waals surface area contributed by atoms with Crippen LogP contribution >= 0.6 is 11.6 Å². The van der Waals surface area contributed by atoms with Crippen LogP contribution < -0.4 is 10.2 Å². The van der Waals surface area contributed by atoms with Gasteiger partial charge in [0.1, 0.15) is 0 Å². The molecule has 1 N–H and O–H groups in total. The lowest BCUT2D eigenvalue weighted by Gasteiger charge is -2.35. The van der Waals surface area contributed by atoms with Crippen molar-refractivity contribution in [2.45, 2.75) is 31.8 Å². The largest absolute Gasteiger partial charge is 0.377 e. The van der Waals surface area contributed by atoms with Gasteiger partial charge in [-0.25, -0.2) is 4.79 Å². The number of hydrogen-bond donors (Lipinski definition) is 1. The summed E-state index contributed by atoms with van der Waals surface area (Å²) in [6, 6.07) is 5.78. The van der Waals surface area contributed by atoms with Crippen LogP contribution in [0.4, 0.5) is 16.2 Å². The third-order valence-corrected chi connectivity index (χ3v) is 6.09. The molecule has 0 bridgehead atoms. The number of nitrogens with one attached hydrogen (secondary N) is 1. The number of rotatable bonds is 4. The van der Waals surface area contributed by atoms with Crippen LogP contribution in [-0.4, -0.2) is 74.4 Å². The molecule has 3 saturated heterocycles. The van der Waals surface area contributed by atoms with Gasteiger partial charge in [0, 0.05) is 58.1 Å². The highest BCUT2D eigenvalue weighted by Crippen LogP contribution is 2.31. The maximum absolute atomic E-state index is 12.6. The summed E-state index contributed by atoms with van der Waals surface area (Å²) >= 11 is 6.45. The summed E-state index contributed by atoms with van der Waals surface area (Å²) in [4.78, 5) is 19.2. The van der Waals surface area contributed by atoms with Crippen molar-refractivity contribution in [1.82, 2.24) is 9.80 Å². The summed E-state index contributed by atoms with van der Waals surface area (Å²) in [7, 11) is 0. The Balaban J connectivity index is 1.27. The minimum absolute atomic E-state index is 0.0447. The van der Waals surface area contributed by atoms with E-state index in [9.17, 15) is 4.79 Å². The normalized spacial score (nSPS) is 23.8. The first-order chi connectivity index (χ1) is 13.2. The van der Waals surface area contributed by atoms with Crippen LogP contribution in [0.5, 0.6) is 0 Å². The number of urea groups is 1. The standard InChI is InChI=1S/C20H29ClN4O2/c21-18-14-16(5-6-19(18)24-7-1-2-8-24)22-20(26)25-11-9-23(10-12-25)15-17-4-3-13-27-17/h5-6,14,17H,1-4,7-13,15H2,(H,22,26). The van der Waals surface area contributed by atoms with Gasteiger partial charge < -0.3 is 19.9 Å². The monoisotopic (exact) mass is 392 g/mol. The minimum atomic E-state index is -0.0447. The van der Waals surface area contributed by atoms with Gasteiger partial charge in [-0.1, -0.05) is 11.6 Å². The molecule has 1 atom stereocenters. The number of amides is 2. The highest BCUT2D eigenvalue weighted by molar-refractivity contribution is 6.33. The minimum Gasteiger partial charge on any atom is -0.377 e. The highest BCUT2D eigenvalue weighted by atomic mass is 35.5. The van der Waals surface area contributed by atoms with Gasteiger partial charge in [-0.15, -0.1) is 0 Å². The SMILES string of the molecule is O=C(Nc1ccc(N2CCCC2)c(Cl)c1)N1CCN(CC2CCCO2)CC1. The number of benzene rings is 1. The molecule has 0 aliphatic carbocycles. The lowest BCUT2D eigenvalue weighted by Crippen LogP contribution is -2.51. The molecule has 1 aromatic rings. The van der Waals surface area contributed by atoms with E-state index in [0.29, 0.717) is 11.1 Å². The number of halogens is 1. The van der Waals surface area contributed by atoms with Crippen LogP contribution in [0.1, 0.15) is 25.7 Å². The van der Waals surface area contributed by atoms with Gasteiger partial charge >= 0.3 is 6.03 Å². The summed E-state index contributed by atoms with van der Waals surface area (Å²) in [5, 5.41) is 3.70. The van der Waals surface area contributed by atoms with Crippen LogP contribution in [0.25, 0.3) is 0 Å². The number of nitrogens with zero attached hydrogens (tertiary/aromatic N) is 3. The quantitative estimate of drug-likeness (QED) is 0.854. The predicted molar refractivity (Wildman–Crippen MR) is 109 cm³/mol. The molecular weight excluding hydrogens is 364 g/mol. The van der Waals surface area contributed by atoms with E-state index in [-0.39, 0.29) is 6.03 Å². The Morgan fingerprint density at radius 3 is 2.56 bits per heavy atom. The molecule has 2 amide bonds. The fourth-order valence-electron chi connectivity index (χ4n) is 4.21. The van der Waals surface area contributed by atoms with E-state index in [1.54, 1.807) is 0 Å². The number of anilines is 2. The highest BCUT2D eigenvalue weighted by Gasteiger charge is 2.25. The van der Waals surface area contributed by atoms with Crippen LogP contribution in [0, 0.1) is 0 Å². The van der Waals surface area contributed by atoms with Crippen LogP contribution in [0.15, 0.2) is 18.2 Å². The molecule has 6 nitrogen and oxygen atoms in total. The van der Waals surface area contributed by atoms with Crippen molar-refractivity contribution in [3.05, 3.63) is 23.2 Å². The van der Waals surface area contributed by atoms with Gasteiger partial charge in [-0.05, 0) is 43.9 Å². The van der Waals surface area contributed by atoms with E-state index in [0.717, 1.165) is 70.2 Å². The predicted octanol–water partition coefficient (Wildman–Crippen LogP) is 3.27. The van der Waals surface area contributed by atoms with Gasteiger partial charge in [-0.2, -0.15) is 0 Å². The van der Waals surface area contributed by atoms with Crippen LogP contribution in [0.2, 0.25) is 5.02 Å².